The number of amides is 1. The van der Waals surface area contributed by atoms with Crippen LogP contribution in [0.5, 0.6) is 0 Å². The third kappa shape index (κ3) is 3.29. The van der Waals surface area contributed by atoms with Gasteiger partial charge in [0.2, 0.25) is 5.91 Å². The molecule has 1 aromatic rings. The second kappa shape index (κ2) is 6.97. The van der Waals surface area contributed by atoms with Gasteiger partial charge in [-0.15, -0.1) is 0 Å². The largest absolute Gasteiger partial charge is 0.516 e. The zero-order valence-corrected chi connectivity index (χ0v) is 17.3. The summed E-state index contributed by atoms with van der Waals surface area (Å²) < 4.78 is 17.7. The number of hydrogen-bond acceptors (Lipinski definition) is 7. The summed E-state index contributed by atoms with van der Waals surface area (Å²) in [7, 11) is 1.14. The number of nitrogens with zero attached hydrogens (tertiary/aromatic N) is 3. The van der Waals surface area contributed by atoms with Gasteiger partial charge < -0.3 is 19.4 Å². The van der Waals surface area contributed by atoms with Crippen molar-refractivity contribution in [1.82, 2.24) is 9.97 Å². The topological polar surface area (TPSA) is 85.8 Å². The molecule has 4 rings (SSSR count). The monoisotopic (exact) mass is 388 g/mol. The van der Waals surface area contributed by atoms with Crippen molar-refractivity contribution in [3.05, 3.63) is 6.20 Å². The van der Waals surface area contributed by atoms with Crippen LogP contribution >= 0.6 is 0 Å². The van der Waals surface area contributed by atoms with Crippen LogP contribution in [0.2, 0.25) is 0 Å². The van der Waals surface area contributed by atoms with E-state index in [-0.39, 0.29) is 24.6 Å². The molecule has 0 spiro atoms. The predicted octanol–water partition coefficient (Wildman–Crippen LogP) is 1.49. The zero-order valence-electron chi connectivity index (χ0n) is 17.3. The van der Waals surface area contributed by atoms with Crippen LogP contribution in [-0.4, -0.2) is 60.0 Å². The number of carbonyl (C=O) groups excluding carboxylic acids is 1. The van der Waals surface area contributed by atoms with Gasteiger partial charge in [-0.25, -0.2) is 9.97 Å². The van der Waals surface area contributed by atoms with Gasteiger partial charge in [0.1, 0.15) is 0 Å². The Bertz CT molecular complexity index is 748. The number of hydrogen-bond donors (Lipinski definition) is 1. The molecule has 1 aromatic heterocycles. The third-order valence-electron chi connectivity index (χ3n) is 6.51. The fraction of sp³-hybridized carbons (Fsp3) is 0.737. The molecule has 8 nitrogen and oxygen atoms in total. The Balaban J connectivity index is 1.62. The van der Waals surface area contributed by atoms with Crippen LogP contribution in [-0.2, 0) is 18.8 Å². The summed E-state index contributed by atoms with van der Waals surface area (Å²) in [6.07, 6.45) is 5.62. The average molecular weight is 388 g/mol. The van der Waals surface area contributed by atoms with Crippen molar-refractivity contribution < 1.29 is 18.8 Å². The molecular weight excluding hydrogens is 359 g/mol. The lowest BCUT2D eigenvalue weighted by Gasteiger charge is -2.38. The molecule has 1 saturated carbocycles. The molecule has 2 fully saturated rings. The van der Waals surface area contributed by atoms with Crippen LogP contribution < -0.4 is 15.8 Å². The maximum Gasteiger partial charge on any atom is 0.516 e. The molecule has 2 aliphatic heterocycles. The Labute approximate surface area is 166 Å². The molecule has 3 heterocycles. The van der Waals surface area contributed by atoms with E-state index < -0.39 is 18.3 Å². The molecular formula is C19H29BN4O4. The van der Waals surface area contributed by atoms with E-state index in [1.807, 2.05) is 32.6 Å². The van der Waals surface area contributed by atoms with Gasteiger partial charge in [-0.05, 0) is 53.4 Å². The third-order valence-corrected chi connectivity index (χ3v) is 6.51. The van der Waals surface area contributed by atoms with E-state index in [9.17, 15) is 4.79 Å². The lowest BCUT2D eigenvalue weighted by Crippen LogP contribution is -2.50. The van der Waals surface area contributed by atoms with E-state index in [0.717, 1.165) is 25.7 Å². The lowest BCUT2D eigenvalue weighted by atomic mass is 9.85. The maximum atomic E-state index is 12.7. The summed E-state index contributed by atoms with van der Waals surface area (Å²) >= 11 is 0. The molecule has 3 aliphatic rings. The molecule has 0 atom stereocenters. The minimum absolute atomic E-state index is 0.0220. The predicted molar refractivity (Wildman–Crippen MR) is 107 cm³/mol. The number of methoxy groups -OCH3 is 1. The molecule has 1 aliphatic carbocycles. The Morgan fingerprint density at radius 1 is 1.18 bits per heavy atom. The van der Waals surface area contributed by atoms with Crippen LogP contribution in [0.15, 0.2) is 6.20 Å². The molecule has 0 bridgehead atoms. The molecule has 28 heavy (non-hydrogen) atoms. The van der Waals surface area contributed by atoms with Crippen LogP contribution in [0.1, 0.15) is 53.4 Å². The van der Waals surface area contributed by atoms with Crippen LogP contribution in [0.25, 0.3) is 0 Å². The van der Waals surface area contributed by atoms with E-state index in [4.69, 9.17) is 19.0 Å². The number of carbonyl (C=O) groups is 1. The highest BCUT2D eigenvalue weighted by atomic mass is 16.7. The second-order valence-corrected chi connectivity index (χ2v) is 8.84. The normalized spacial score (nSPS) is 28.8. The van der Waals surface area contributed by atoms with Gasteiger partial charge in [0, 0.05) is 19.3 Å². The van der Waals surface area contributed by atoms with Gasteiger partial charge in [-0.1, -0.05) is 0 Å². The van der Waals surface area contributed by atoms with E-state index in [1.54, 1.807) is 13.3 Å². The first-order chi connectivity index (χ1) is 13.2. The van der Waals surface area contributed by atoms with Crippen molar-refractivity contribution in [2.24, 2.45) is 0 Å². The van der Waals surface area contributed by atoms with Crippen LogP contribution in [0.3, 0.4) is 0 Å². The van der Waals surface area contributed by atoms with Gasteiger partial charge in [0.25, 0.3) is 0 Å². The van der Waals surface area contributed by atoms with E-state index in [0.29, 0.717) is 17.2 Å². The van der Waals surface area contributed by atoms with E-state index >= 15 is 0 Å². The van der Waals surface area contributed by atoms with Crippen molar-refractivity contribution in [2.45, 2.75) is 76.7 Å². The highest BCUT2D eigenvalue weighted by Gasteiger charge is 2.53. The zero-order chi connectivity index (χ0) is 20.1. The Hall–Kier alpha value is -1.71. The molecule has 0 unspecified atom stereocenters. The molecule has 1 N–H and O–H groups in total. The minimum atomic E-state index is -0.606. The number of ether oxygens (including phenoxy) is 1. The van der Waals surface area contributed by atoms with Crippen molar-refractivity contribution in [2.75, 3.05) is 23.9 Å². The summed E-state index contributed by atoms with van der Waals surface area (Å²) in [5, 5.41) is 3.08. The van der Waals surface area contributed by atoms with Gasteiger partial charge in [0.05, 0.1) is 29.4 Å². The van der Waals surface area contributed by atoms with Crippen molar-refractivity contribution >= 4 is 30.3 Å². The summed E-state index contributed by atoms with van der Waals surface area (Å²) in [6.45, 7) is 8.26. The number of fused-ring (bicyclic) bond motifs is 1. The summed E-state index contributed by atoms with van der Waals surface area (Å²) in [4.78, 5) is 23.9. The molecule has 1 amide bonds. The SMILES string of the molecule is COC1CCC(N2C(=O)CNc3ncc(B4OC(C)(C)C(C)(C)O4)nc32)CC1. The van der Waals surface area contributed by atoms with Gasteiger partial charge in [-0.3, -0.25) is 9.69 Å². The number of rotatable bonds is 3. The van der Waals surface area contributed by atoms with Crippen molar-refractivity contribution in [3.63, 3.8) is 0 Å². The highest BCUT2D eigenvalue weighted by molar-refractivity contribution is 6.61. The number of nitrogens with one attached hydrogen (secondary N) is 1. The van der Waals surface area contributed by atoms with Crippen LogP contribution in [0, 0.1) is 0 Å². The smallest absolute Gasteiger partial charge is 0.398 e. The molecule has 0 radical (unpaired) electrons. The fourth-order valence-electron chi connectivity index (χ4n) is 4.04. The van der Waals surface area contributed by atoms with Gasteiger partial charge in [-0.2, -0.15) is 0 Å². The Morgan fingerprint density at radius 3 is 2.43 bits per heavy atom. The molecule has 9 heteroatoms. The fourth-order valence-corrected chi connectivity index (χ4v) is 4.04. The standard InChI is InChI=1S/C19H29BN4O4/c1-18(2)19(3,4)28-20(27-18)14-10-21-16-17(23-14)24(15(25)11-22-16)12-6-8-13(26-5)9-7-12/h10,12-13H,6-9,11H2,1-5H3,(H,21,22). The lowest BCUT2D eigenvalue weighted by molar-refractivity contribution is -0.118. The van der Waals surface area contributed by atoms with Gasteiger partial charge >= 0.3 is 7.12 Å². The van der Waals surface area contributed by atoms with Crippen molar-refractivity contribution in [3.8, 4) is 0 Å². The first-order valence-electron chi connectivity index (χ1n) is 10.0. The second-order valence-electron chi connectivity index (χ2n) is 8.84. The Morgan fingerprint density at radius 2 is 1.82 bits per heavy atom. The Kier molecular flexibility index (Phi) is 4.88. The average Bonchev–Trinajstić information content (AvgIpc) is 2.89. The summed E-state index contributed by atoms with van der Waals surface area (Å²) in [5.74, 6) is 1.23. The quantitative estimate of drug-likeness (QED) is 0.786. The molecule has 152 valence electrons. The summed E-state index contributed by atoms with van der Waals surface area (Å²) in [5.41, 5.74) is -0.326. The summed E-state index contributed by atoms with van der Waals surface area (Å²) in [6, 6.07) is 0.114. The first kappa shape index (κ1) is 19.6. The maximum absolute atomic E-state index is 12.7. The highest BCUT2D eigenvalue weighted by Crippen LogP contribution is 2.37. The van der Waals surface area contributed by atoms with E-state index in [1.165, 1.54) is 0 Å². The van der Waals surface area contributed by atoms with Crippen molar-refractivity contribution in [1.29, 1.82) is 0 Å². The van der Waals surface area contributed by atoms with E-state index in [2.05, 4.69) is 10.3 Å². The molecule has 1 saturated heterocycles. The number of anilines is 2. The van der Waals surface area contributed by atoms with Gasteiger partial charge in [0.15, 0.2) is 11.6 Å². The first-order valence-corrected chi connectivity index (χ1v) is 10.0. The number of aromatic nitrogens is 2. The molecule has 0 aromatic carbocycles. The minimum Gasteiger partial charge on any atom is -0.398 e. The van der Waals surface area contributed by atoms with Crippen LogP contribution in [0.4, 0.5) is 11.6 Å².